The fourth-order valence-corrected chi connectivity index (χ4v) is 3.75. The maximum absolute atomic E-state index is 12.4. The van der Waals surface area contributed by atoms with Crippen molar-refractivity contribution in [2.24, 2.45) is 0 Å². The Bertz CT molecular complexity index is 627. The van der Waals surface area contributed by atoms with Crippen LogP contribution >= 0.6 is 0 Å². The highest BCUT2D eigenvalue weighted by atomic mass is 16.6. The largest absolute Gasteiger partial charge is 0.340 e. The van der Waals surface area contributed by atoms with Crippen molar-refractivity contribution < 1.29 is 9.72 Å². The molecule has 0 aliphatic carbocycles. The first kappa shape index (κ1) is 15.9. The average molecular weight is 321 g/mol. The Morgan fingerprint density at radius 2 is 2.13 bits per heavy atom. The number of aromatic nitrogens is 2. The molecule has 3 heterocycles. The van der Waals surface area contributed by atoms with E-state index in [1.165, 1.54) is 12.8 Å². The molecule has 1 atom stereocenters. The number of aryl methyl sites for hydroxylation is 2. The molecule has 0 bridgehead atoms. The van der Waals surface area contributed by atoms with Gasteiger partial charge in [0.1, 0.15) is 11.4 Å². The second-order valence-electron chi connectivity index (χ2n) is 6.42. The molecule has 0 unspecified atom stereocenters. The number of piperazine rings is 1. The molecule has 1 amide bonds. The monoisotopic (exact) mass is 321 g/mol. The molecule has 1 aromatic rings. The van der Waals surface area contributed by atoms with Gasteiger partial charge in [0.15, 0.2) is 0 Å². The van der Waals surface area contributed by atoms with Gasteiger partial charge in [-0.1, -0.05) is 0 Å². The second-order valence-corrected chi connectivity index (χ2v) is 6.42. The lowest BCUT2D eigenvalue weighted by Gasteiger charge is -2.37. The highest BCUT2D eigenvalue weighted by Gasteiger charge is 2.32. The normalized spacial score (nSPS) is 21.5. The van der Waals surface area contributed by atoms with Crippen LogP contribution in [0.3, 0.4) is 0 Å². The van der Waals surface area contributed by atoms with Gasteiger partial charge in [-0.3, -0.25) is 24.5 Å². The van der Waals surface area contributed by atoms with E-state index in [0.29, 0.717) is 30.4 Å². The number of nitro groups is 1. The van der Waals surface area contributed by atoms with Crippen LogP contribution in [0.5, 0.6) is 0 Å². The third kappa shape index (κ3) is 3.08. The van der Waals surface area contributed by atoms with Gasteiger partial charge >= 0.3 is 5.69 Å². The SMILES string of the molecule is Cc1nn(CCC(=O)N2CCN3CCC[C@@H]3C2)c(C)c1[N+](=O)[O-]. The molecule has 23 heavy (non-hydrogen) atoms. The Morgan fingerprint density at radius 1 is 1.35 bits per heavy atom. The highest BCUT2D eigenvalue weighted by molar-refractivity contribution is 5.76. The van der Waals surface area contributed by atoms with E-state index in [2.05, 4.69) is 10.00 Å². The third-order valence-corrected chi connectivity index (χ3v) is 5.00. The van der Waals surface area contributed by atoms with Gasteiger partial charge in [-0.15, -0.1) is 0 Å². The summed E-state index contributed by atoms with van der Waals surface area (Å²) in [5, 5.41) is 15.2. The fraction of sp³-hybridized carbons (Fsp3) is 0.733. The smallest absolute Gasteiger partial charge is 0.312 e. The summed E-state index contributed by atoms with van der Waals surface area (Å²) in [5.74, 6) is 0.117. The van der Waals surface area contributed by atoms with Gasteiger partial charge in [0, 0.05) is 32.1 Å². The zero-order valence-electron chi connectivity index (χ0n) is 13.7. The lowest BCUT2D eigenvalue weighted by atomic mass is 10.1. The quantitative estimate of drug-likeness (QED) is 0.612. The number of amides is 1. The van der Waals surface area contributed by atoms with Crippen LogP contribution < -0.4 is 0 Å². The minimum atomic E-state index is -0.407. The molecular formula is C15H23N5O3. The lowest BCUT2D eigenvalue weighted by molar-refractivity contribution is -0.386. The van der Waals surface area contributed by atoms with Gasteiger partial charge < -0.3 is 4.90 Å². The molecule has 2 aliphatic heterocycles. The number of fused-ring (bicyclic) bond motifs is 1. The van der Waals surface area contributed by atoms with Crippen LogP contribution in [0.15, 0.2) is 0 Å². The summed E-state index contributed by atoms with van der Waals surface area (Å²) < 4.78 is 1.58. The molecular weight excluding hydrogens is 298 g/mol. The highest BCUT2D eigenvalue weighted by Crippen LogP contribution is 2.23. The van der Waals surface area contributed by atoms with Crippen LogP contribution in [-0.2, 0) is 11.3 Å². The summed E-state index contributed by atoms with van der Waals surface area (Å²) in [5.41, 5.74) is 0.970. The predicted octanol–water partition coefficient (Wildman–Crippen LogP) is 1.10. The minimum absolute atomic E-state index is 0.0528. The zero-order chi connectivity index (χ0) is 16.6. The maximum Gasteiger partial charge on any atom is 0.312 e. The van der Waals surface area contributed by atoms with Gasteiger partial charge in [0.25, 0.3) is 0 Å². The predicted molar refractivity (Wildman–Crippen MR) is 84.1 cm³/mol. The van der Waals surface area contributed by atoms with Crippen molar-refractivity contribution in [3.05, 3.63) is 21.5 Å². The van der Waals surface area contributed by atoms with Gasteiger partial charge in [-0.2, -0.15) is 5.10 Å². The molecule has 2 fully saturated rings. The van der Waals surface area contributed by atoms with Crippen molar-refractivity contribution in [1.82, 2.24) is 19.6 Å². The van der Waals surface area contributed by atoms with Crippen molar-refractivity contribution >= 4 is 11.6 Å². The molecule has 0 radical (unpaired) electrons. The molecule has 0 saturated carbocycles. The van der Waals surface area contributed by atoms with Crippen LogP contribution in [0.1, 0.15) is 30.7 Å². The van der Waals surface area contributed by atoms with E-state index < -0.39 is 4.92 Å². The number of carbonyl (C=O) groups excluding carboxylic acids is 1. The van der Waals surface area contributed by atoms with Gasteiger partial charge in [-0.25, -0.2) is 0 Å². The Labute approximate surface area is 135 Å². The van der Waals surface area contributed by atoms with E-state index in [-0.39, 0.29) is 11.6 Å². The van der Waals surface area contributed by atoms with Crippen LogP contribution in [0.2, 0.25) is 0 Å². The van der Waals surface area contributed by atoms with Crippen LogP contribution in [0, 0.1) is 24.0 Å². The summed E-state index contributed by atoms with van der Waals surface area (Å²) in [6.45, 7) is 7.42. The molecule has 2 aliphatic rings. The van der Waals surface area contributed by atoms with E-state index in [0.717, 1.165) is 26.2 Å². The fourth-order valence-electron chi connectivity index (χ4n) is 3.75. The Kier molecular flexibility index (Phi) is 4.34. The molecule has 0 spiro atoms. The summed E-state index contributed by atoms with van der Waals surface area (Å²) in [6.07, 6.45) is 2.74. The number of hydrogen-bond donors (Lipinski definition) is 0. The second kappa shape index (κ2) is 6.27. The van der Waals surface area contributed by atoms with Crippen molar-refractivity contribution in [3.8, 4) is 0 Å². The van der Waals surface area contributed by atoms with Gasteiger partial charge in [0.05, 0.1) is 11.5 Å². The lowest BCUT2D eigenvalue weighted by Crippen LogP contribution is -2.52. The van der Waals surface area contributed by atoms with Crippen LogP contribution in [-0.4, -0.2) is 62.6 Å². The average Bonchev–Trinajstić information content (AvgIpc) is 3.08. The number of rotatable bonds is 4. The first-order valence-electron chi connectivity index (χ1n) is 8.17. The van der Waals surface area contributed by atoms with E-state index in [4.69, 9.17) is 0 Å². The molecule has 8 nitrogen and oxygen atoms in total. The van der Waals surface area contributed by atoms with Crippen LogP contribution in [0.4, 0.5) is 5.69 Å². The number of nitrogens with zero attached hydrogens (tertiary/aromatic N) is 5. The standard InChI is InChI=1S/C15H23N5O3/c1-11-15(20(22)23)12(2)19(16-11)7-5-14(21)18-9-8-17-6-3-4-13(17)10-18/h13H,3-10H2,1-2H3/t13-/m1/s1. The Hall–Kier alpha value is -1.96. The molecule has 2 saturated heterocycles. The van der Waals surface area contributed by atoms with E-state index in [1.807, 2.05) is 4.90 Å². The molecule has 1 aromatic heterocycles. The van der Waals surface area contributed by atoms with E-state index in [1.54, 1.807) is 18.5 Å². The first-order valence-corrected chi connectivity index (χ1v) is 8.17. The summed E-state index contributed by atoms with van der Waals surface area (Å²) in [4.78, 5) is 27.4. The minimum Gasteiger partial charge on any atom is -0.340 e. The summed E-state index contributed by atoms with van der Waals surface area (Å²) >= 11 is 0. The Morgan fingerprint density at radius 3 is 2.83 bits per heavy atom. The van der Waals surface area contributed by atoms with Gasteiger partial charge in [0.2, 0.25) is 5.91 Å². The molecule has 3 rings (SSSR count). The van der Waals surface area contributed by atoms with Crippen molar-refractivity contribution in [3.63, 3.8) is 0 Å². The summed E-state index contributed by atoms with van der Waals surface area (Å²) in [6, 6.07) is 0.516. The third-order valence-electron chi connectivity index (χ3n) is 5.00. The van der Waals surface area contributed by atoms with E-state index >= 15 is 0 Å². The van der Waals surface area contributed by atoms with Crippen molar-refractivity contribution in [1.29, 1.82) is 0 Å². The van der Waals surface area contributed by atoms with Crippen molar-refractivity contribution in [2.45, 2.75) is 45.7 Å². The number of carbonyl (C=O) groups is 1. The van der Waals surface area contributed by atoms with E-state index in [9.17, 15) is 14.9 Å². The maximum atomic E-state index is 12.4. The summed E-state index contributed by atoms with van der Waals surface area (Å²) in [7, 11) is 0. The number of hydrogen-bond acceptors (Lipinski definition) is 5. The van der Waals surface area contributed by atoms with Crippen LogP contribution in [0.25, 0.3) is 0 Å². The van der Waals surface area contributed by atoms with Crippen molar-refractivity contribution in [2.75, 3.05) is 26.2 Å². The molecule has 8 heteroatoms. The molecule has 0 aromatic carbocycles. The van der Waals surface area contributed by atoms with Gasteiger partial charge in [-0.05, 0) is 33.2 Å². The topological polar surface area (TPSA) is 84.5 Å². The first-order chi connectivity index (χ1) is 11.0. The molecule has 0 N–H and O–H groups in total. The Balaban J connectivity index is 1.59. The molecule has 126 valence electrons. The zero-order valence-corrected chi connectivity index (χ0v) is 13.7.